The SMILES string of the molecule is Cc1ccc(CN2CCCC(C(=O)N3CCC(F)(F)CC3)C2)cc1. The van der Waals surface area contributed by atoms with Crippen molar-refractivity contribution in [2.24, 2.45) is 5.92 Å². The zero-order chi connectivity index (χ0) is 17.2. The Kier molecular flexibility index (Phi) is 5.18. The fourth-order valence-corrected chi connectivity index (χ4v) is 3.66. The second-order valence-electron chi connectivity index (χ2n) is 7.24. The molecule has 2 saturated heterocycles. The smallest absolute Gasteiger partial charge is 0.251 e. The van der Waals surface area contributed by atoms with Crippen LogP contribution in [-0.2, 0) is 11.3 Å². The van der Waals surface area contributed by atoms with Gasteiger partial charge in [-0.05, 0) is 31.9 Å². The number of alkyl halides is 2. The van der Waals surface area contributed by atoms with E-state index >= 15 is 0 Å². The monoisotopic (exact) mass is 336 g/mol. The van der Waals surface area contributed by atoms with E-state index in [2.05, 4.69) is 36.1 Å². The summed E-state index contributed by atoms with van der Waals surface area (Å²) < 4.78 is 26.5. The minimum atomic E-state index is -2.60. The Bertz CT molecular complexity index is 563. The first-order valence-corrected chi connectivity index (χ1v) is 8.87. The Morgan fingerprint density at radius 3 is 2.50 bits per heavy atom. The van der Waals surface area contributed by atoms with Crippen molar-refractivity contribution in [3.05, 3.63) is 35.4 Å². The number of halogens is 2. The maximum Gasteiger partial charge on any atom is 0.251 e. The molecule has 2 fully saturated rings. The van der Waals surface area contributed by atoms with Crippen molar-refractivity contribution < 1.29 is 13.6 Å². The molecule has 132 valence electrons. The molecule has 24 heavy (non-hydrogen) atoms. The van der Waals surface area contributed by atoms with Crippen molar-refractivity contribution >= 4 is 5.91 Å². The van der Waals surface area contributed by atoms with Crippen molar-refractivity contribution in [1.82, 2.24) is 9.80 Å². The second-order valence-corrected chi connectivity index (χ2v) is 7.24. The third-order valence-electron chi connectivity index (χ3n) is 5.19. The van der Waals surface area contributed by atoms with Gasteiger partial charge in [-0.1, -0.05) is 29.8 Å². The highest BCUT2D eigenvalue weighted by molar-refractivity contribution is 5.79. The number of carbonyl (C=O) groups excluding carboxylic acids is 1. The minimum Gasteiger partial charge on any atom is -0.342 e. The molecule has 1 aromatic rings. The van der Waals surface area contributed by atoms with Gasteiger partial charge < -0.3 is 4.90 Å². The molecular formula is C19H26F2N2O. The molecule has 2 heterocycles. The summed E-state index contributed by atoms with van der Waals surface area (Å²) in [5, 5.41) is 0. The third-order valence-corrected chi connectivity index (χ3v) is 5.19. The summed E-state index contributed by atoms with van der Waals surface area (Å²) >= 11 is 0. The number of nitrogens with zero attached hydrogens (tertiary/aromatic N) is 2. The number of rotatable bonds is 3. The summed E-state index contributed by atoms with van der Waals surface area (Å²) in [6, 6.07) is 8.48. The van der Waals surface area contributed by atoms with Gasteiger partial charge in [-0.2, -0.15) is 0 Å². The maximum atomic E-state index is 13.3. The lowest BCUT2D eigenvalue weighted by Crippen LogP contribution is -2.48. The van der Waals surface area contributed by atoms with Crippen molar-refractivity contribution in [3.63, 3.8) is 0 Å². The quantitative estimate of drug-likeness (QED) is 0.844. The molecule has 1 amide bonds. The van der Waals surface area contributed by atoms with E-state index in [4.69, 9.17) is 0 Å². The molecule has 1 unspecified atom stereocenters. The van der Waals surface area contributed by atoms with E-state index in [9.17, 15) is 13.6 Å². The predicted molar refractivity (Wildman–Crippen MR) is 89.9 cm³/mol. The zero-order valence-corrected chi connectivity index (χ0v) is 14.3. The van der Waals surface area contributed by atoms with Gasteiger partial charge in [-0.25, -0.2) is 8.78 Å². The van der Waals surface area contributed by atoms with E-state index < -0.39 is 5.92 Å². The summed E-state index contributed by atoms with van der Waals surface area (Å²) in [5.74, 6) is -2.57. The summed E-state index contributed by atoms with van der Waals surface area (Å²) in [7, 11) is 0. The number of hydrogen-bond acceptors (Lipinski definition) is 2. The van der Waals surface area contributed by atoms with Crippen LogP contribution in [0.2, 0.25) is 0 Å². The number of likely N-dealkylation sites (tertiary alicyclic amines) is 2. The minimum absolute atomic E-state index is 0.0454. The maximum absolute atomic E-state index is 13.3. The molecule has 0 N–H and O–H groups in total. The molecule has 1 aromatic carbocycles. The van der Waals surface area contributed by atoms with Gasteiger partial charge in [0.05, 0.1) is 5.92 Å². The Morgan fingerprint density at radius 1 is 1.17 bits per heavy atom. The normalized spacial score (nSPS) is 24.8. The highest BCUT2D eigenvalue weighted by atomic mass is 19.3. The largest absolute Gasteiger partial charge is 0.342 e. The van der Waals surface area contributed by atoms with Crippen molar-refractivity contribution in [3.8, 4) is 0 Å². The number of aryl methyl sites for hydroxylation is 1. The van der Waals surface area contributed by atoms with Gasteiger partial charge in [0.1, 0.15) is 0 Å². The number of benzene rings is 1. The molecule has 0 radical (unpaired) electrons. The van der Waals surface area contributed by atoms with E-state index in [1.807, 2.05) is 0 Å². The van der Waals surface area contributed by atoms with Crippen LogP contribution in [-0.4, -0.2) is 47.8 Å². The van der Waals surface area contributed by atoms with E-state index in [-0.39, 0.29) is 37.8 Å². The first-order valence-electron chi connectivity index (χ1n) is 8.87. The molecule has 3 nitrogen and oxygen atoms in total. The highest BCUT2D eigenvalue weighted by Crippen LogP contribution is 2.29. The molecule has 2 aliphatic heterocycles. The van der Waals surface area contributed by atoms with E-state index in [1.165, 1.54) is 11.1 Å². The van der Waals surface area contributed by atoms with Gasteiger partial charge in [0.15, 0.2) is 0 Å². The lowest BCUT2D eigenvalue weighted by atomic mass is 9.94. The average Bonchev–Trinajstić information content (AvgIpc) is 2.57. The van der Waals surface area contributed by atoms with E-state index in [0.717, 1.165) is 32.5 Å². The molecule has 0 aliphatic carbocycles. The zero-order valence-electron chi connectivity index (χ0n) is 14.3. The Hall–Kier alpha value is -1.49. The van der Waals surface area contributed by atoms with Crippen LogP contribution in [0.1, 0.15) is 36.8 Å². The van der Waals surface area contributed by atoms with Crippen LogP contribution in [0.5, 0.6) is 0 Å². The number of carbonyl (C=O) groups is 1. The van der Waals surface area contributed by atoms with Gasteiger partial charge in [-0.15, -0.1) is 0 Å². The van der Waals surface area contributed by atoms with Crippen LogP contribution in [0.4, 0.5) is 8.78 Å². The van der Waals surface area contributed by atoms with Gasteiger partial charge in [0.2, 0.25) is 5.91 Å². The highest BCUT2D eigenvalue weighted by Gasteiger charge is 2.38. The van der Waals surface area contributed by atoms with Gasteiger partial charge in [0, 0.05) is 39.0 Å². The lowest BCUT2D eigenvalue weighted by Gasteiger charge is -2.37. The van der Waals surface area contributed by atoms with Crippen LogP contribution >= 0.6 is 0 Å². The molecule has 1 atom stereocenters. The first-order chi connectivity index (χ1) is 11.4. The lowest BCUT2D eigenvalue weighted by molar-refractivity contribution is -0.143. The summed E-state index contributed by atoms with van der Waals surface area (Å²) in [5.41, 5.74) is 2.50. The third kappa shape index (κ3) is 4.32. The molecule has 0 saturated carbocycles. The first kappa shape index (κ1) is 17.3. The Morgan fingerprint density at radius 2 is 1.83 bits per heavy atom. The molecule has 0 bridgehead atoms. The van der Waals surface area contributed by atoms with Gasteiger partial charge in [-0.3, -0.25) is 9.69 Å². The van der Waals surface area contributed by atoms with Crippen LogP contribution in [0.25, 0.3) is 0 Å². The van der Waals surface area contributed by atoms with Crippen LogP contribution < -0.4 is 0 Å². The number of hydrogen-bond donors (Lipinski definition) is 0. The molecule has 5 heteroatoms. The standard InChI is InChI=1S/C19H26F2N2O/c1-15-4-6-16(7-5-15)13-22-10-2-3-17(14-22)18(24)23-11-8-19(20,21)9-12-23/h4-7,17H,2-3,8-14H2,1H3. The second kappa shape index (κ2) is 7.18. The van der Waals surface area contributed by atoms with E-state index in [0.29, 0.717) is 0 Å². The summed E-state index contributed by atoms with van der Waals surface area (Å²) in [6.45, 7) is 5.04. The predicted octanol–water partition coefficient (Wildman–Crippen LogP) is 3.46. The summed E-state index contributed by atoms with van der Waals surface area (Å²) in [6.07, 6.45) is 1.47. The van der Waals surface area contributed by atoms with Gasteiger partial charge >= 0.3 is 0 Å². The molecular weight excluding hydrogens is 310 g/mol. The Labute approximate surface area is 142 Å². The van der Waals surface area contributed by atoms with Crippen LogP contribution in [0.15, 0.2) is 24.3 Å². The molecule has 3 rings (SSSR count). The molecule has 0 aromatic heterocycles. The van der Waals surface area contributed by atoms with Crippen molar-refractivity contribution in [2.75, 3.05) is 26.2 Å². The van der Waals surface area contributed by atoms with Crippen molar-refractivity contribution in [2.45, 2.75) is 45.1 Å². The Balaban J connectivity index is 1.55. The fraction of sp³-hybridized carbons (Fsp3) is 0.632. The topological polar surface area (TPSA) is 23.6 Å². The van der Waals surface area contributed by atoms with Crippen molar-refractivity contribution in [1.29, 1.82) is 0 Å². The molecule has 0 spiro atoms. The van der Waals surface area contributed by atoms with Gasteiger partial charge in [0.25, 0.3) is 5.92 Å². The average molecular weight is 336 g/mol. The molecule has 2 aliphatic rings. The number of piperidine rings is 2. The van der Waals surface area contributed by atoms with E-state index in [1.54, 1.807) is 4.90 Å². The number of amides is 1. The van der Waals surface area contributed by atoms with Crippen LogP contribution in [0, 0.1) is 12.8 Å². The van der Waals surface area contributed by atoms with Crippen LogP contribution in [0.3, 0.4) is 0 Å². The fourth-order valence-electron chi connectivity index (χ4n) is 3.66. The summed E-state index contributed by atoms with van der Waals surface area (Å²) in [4.78, 5) is 16.6.